The highest BCUT2D eigenvalue weighted by Crippen LogP contribution is 2.22. The zero-order valence-electron chi connectivity index (χ0n) is 19.3. The van der Waals surface area contributed by atoms with Crippen molar-refractivity contribution in [3.8, 4) is 5.75 Å². The number of anilines is 1. The van der Waals surface area contributed by atoms with Gasteiger partial charge in [0, 0.05) is 42.8 Å². The molecule has 3 aromatic carbocycles. The summed E-state index contributed by atoms with van der Waals surface area (Å²) in [5.41, 5.74) is 2.57. The molecule has 1 aromatic heterocycles. The lowest BCUT2D eigenvalue weighted by molar-refractivity contribution is -0.133. The zero-order valence-corrected chi connectivity index (χ0v) is 19.3. The Bertz CT molecular complexity index is 1320. The highest BCUT2D eigenvalue weighted by molar-refractivity contribution is 6.07. The van der Waals surface area contributed by atoms with Crippen LogP contribution in [0.5, 0.6) is 5.75 Å². The standard InChI is InChI=1S/C29H26N2O4/c32-25(28-20-23-9-5-7-13-27(23)35-28)15-14-22-8-4-6-12-26(22)34-21-29(33)31-18-16-30(17-19-31)24-10-2-1-3-11-24/h1-15,20H,16-19,21H2/b15-14+. The van der Waals surface area contributed by atoms with Crippen LogP contribution in [-0.4, -0.2) is 49.4 Å². The van der Waals surface area contributed by atoms with Crippen molar-refractivity contribution in [2.24, 2.45) is 0 Å². The van der Waals surface area contributed by atoms with E-state index in [-0.39, 0.29) is 24.1 Å². The van der Waals surface area contributed by atoms with E-state index >= 15 is 0 Å². The molecule has 0 spiro atoms. The number of benzene rings is 3. The first-order valence-corrected chi connectivity index (χ1v) is 11.7. The van der Waals surface area contributed by atoms with Crippen molar-refractivity contribution in [3.63, 3.8) is 0 Å². The Hall–Kier alpha value is -4.32. The molecule has 0 unspecified atom stereocenters. The van der Waals surface area contributed by atoms with E-state index in [1.165, 1.54) is 11.8 Å². The molecule has 176 valence electrons. The van der Waals surface area contributed by atoms with Crippen LogP contribution in [0.15, 0.2) is 95.4 Å². The number of carbonyl (C=O) groups excluding carboxylic acids is 2. The van der Waals surface area contributed by atoms with E-state index in [4.69, 9.17) is 9.15 Å². The van der Waals surface area contributed by atoms with Crippen molar-refractivity contribution in [1.82, 2.24) is 4.90 Å². The van der Waals surface area contributed by atoms with Gasteiger partial charge in [0.15, 0.2) is 12.4 Å². The van der Waals surface area contributed by atoms with E-state index < -0.39 is 0 Å². The SMILES string of the molecule is O=C(/C=C/c1ccccc1OCC(=O)N1CCN(c2ccccc2)CC1)c1cc2ccccc2o1. The van der Waals surface area contributed by atoms with Crippen molar-refractivity contribution in [3.05, 3.63) is 102 Å². The molecule has 0 aliphatic carbocycles. The van der Waals surface area contributed by atoms with Gasteiger partial charge in [0.1, 0.15) is 11.3 Å². The maximum atomic E-state index is 12.8. The number of piperazine rings is 1. The fraction of sp³-hybridized carbons (Fsp3) is 0.172. The summed E-state index contributed by atoms with van der Waals surface area (Å²) in [5.74, 6) is 0.557. The van der Waals surface area contributed by atoms with Crippen LogP contribution in [-0.2, 0) is 4.79 Å². The average Bonchev–Trinajstić information content (AvgIpc) is 3.36. The van der Waals surface area contributed by atoms with E-state index in [1.54, 1.807) is 18.2 Å². The summed E-state index contributed by atoms with van der Waals surface area (Å²) in [7, 11) is 0. The highest BCUT2D eigenvalue weighted by atomic mass is 16.5. The van der Waals surface area contributed by atoms with Gasteiger partial charge in [-0.1, -0.05) is 54.6 Å². The van der Waals surface area contributed by atoms with Gasteiger partial charge in [-0.05, 0) is 42.5 Å². The first kappa shape index (κ1) is 22.5. The molecule has 1 saturated heterocycles. The van der Waals surface area contributed by atoms with Gasteiger partial charge in [-0.3, -0.25) is 9.59 Å². The largest absolute Gasteiger partial charge is 0.483 e. The van der Waals surface area contributed by atoms with Gasteiger partial charge in [-0.15, -0.1) is 0 Å². The number of carbonyl (C=O) groups is 2. The first-order valence-electron chi connectivity index (χ1n) is 11.7. The van der Waals surface area contributed by atoms with Gasteiger partial charge in [0.05, 0.1) is 0 Å². The summed E-state index contributed by atoms with van der Waals surface area (Å²) >= 11 is 0. The number of rotatable bonds is 7. The maximum absolute atomic E-state index is 12.8. The Morgan fingerprint density at radius 1 is 0.857 bits per heavy atom. The van der Waals surface area contributed by atoms with Crippen molar-refractivity contribution < 1.29 is 18.7 Å². The van der Waals surface area contributed by atoms with Gasteiger partial charge in [-0.25, -0.2) is 0 Å². The van der Waals surface area contributed by atoms with Crippen molar-refractivity contribution in [2.45, 2.75) is 0 Å². The molecule has 0 bridgehead atoms. The Morgan fingerprint density at radius 3 is 2.37 bits per heavy atom. The molecule has 1 fully saturated rings. The number of hydrogen-bond acceptors (Lipinski definition) is 5. The fourth-order valence-electron chi connectivity index (χ4n) is 4.18. The molecule has 1 aliphatic heterocycles. The highest BCUT2D eigenvalue weighted by Gasteiger charge is 2.21. The van der Waals surface area contributed by atoms with Crippen LogP contribution < -0.4 is 9.64 Å². The number of hydrogen-bond donors (Lipinski definition) is 0. The third kappa shape index (κ3) is 5.27. The summed E-state index contributed by atoms with van der Waals surface area (Å²) in [6, 6.07) is 26.8. The number of fused-ring (bicyclic) bond motifs is 1. The lowest BCUT2D eigenvalue weighted by Gasteiger charge is -2.36. The average molecular weight is 467 g/mol. The Labute approximate surface area is 204 Å². The third-order valence-electron chi connectivity index (χ3n) is 6.11. The van der Waals surface area contributed by atoms with E-state index in [0.29, 0.717) is 24.4 Å². The normalized spacial score (nSPS) is 13.9. The summed E-state index contributed by atoms with van der Waals surface area (Å²) < 4.78 is 11.5. The number of amides is 1. The van der Waals surface area contributed by atoms with E-state index in [9.17, 15) is 9.59 Å². The predicted molar refractivity (Wildman–Crippen MR) is 137 cm³/mol. The van der Waals surface area contributed by atoms with Crippen LogP contribution in [0.3, 0.4) is 0 Å². The summed E-state index contributed by atoms with van der Waals surface area (Å²) in [5, 5.41) is 0.885. The number of para-hydroxylation sites is 3. The fourth-order valence-corrected chi connectivity index (χ4v) is 4.18. The van der Waals surface area contributed by atoms with Crippen LogP contribution in [0.4, 0.5) is 5.69 Å². The second-order valence-corrected chi connectivity index (χ2v) is 8.38. The van der Waals surface area contributed by atoms with Crippen LogP contribution >= 0.6 is 0 Å². The molecule has 1 amide bonds. The predicted octanol–water partition coefficient (Wildman–Crippen LogP) is 5.06. The van der Waals surface area contributed by atoms with E-state index in [0.717, 1.165) is 24.0 Å². The topological polar surface area (TPSA) is 63.0 Å². The zero-order chi connectivity index (χ0) is 24.0. The number of ketones is 1. The quantitative estimate of drug-likeness (QED) is 0.282. The number of ether oxygens (including phenoxy) is 1. The van der Waals surface area contributed by atoms with Gasteiger partial charge in [0.2, 0.25) is 5.78 Å². The minimum absolute atomic E-state index is 0.0464. The smallest absolute Gasteiger partial charge is 0.260 e. The van der Waals surface area contributed by atoms with Crippen molar-refractivity contribution >= 4 is 34.4 Å². The molecule has 0 saturated carbocycles. The molecular formula is C29H26N2O4. The lowest BCUT2D eigenvalue weighted by atomic mass is 10.1. The van der Waals surface area contributed by atoms with E-state index in [2.05, 4.69) is 17.0 Å². The molecule has 1 aliphatic rings. The van der Waals surface area contributed by atoms with Gasteiger partial charge in [-0.2, -0.15) is 0 Å². The first-order chi connectivity index (χ1) is 17.2. The molecule has 5 rings (SSSR count). The summed E-state index contributed by atoms with van der Waals surface area (Å²) in [6.45, 7) is 2.85. The van der Waals surface area contributed by atoms with Crippen LogP contribution in [0, 0.1) is 0 Å². The van der Waals surface area contributed by atoms with Crippen LogP contribution in [0.25, 0.3) is 17.0 Å². The Morgan fingerprint density at radius 2 is 1.57 bits per heavy atom. The minimum atomic E-state index is -0.233. The van der Waals surface area contributed by atoms with Gasteiger partial charge >= 0.3 is 0 Å². The van der Waals surface area contributed by atoms with Gasteiger partial charge < -0.3 is 19.0 Å². The summed E-state index contributed by atoms with van der Waals surface area (Å²) in [4.78, 5) is 29.5. The van der Waals surface area contributed by atoms with E-state index in [1.807, 2.05) is 65.6 Å². The molecule has 2 heterocycles. The van der Waals surface area contributed by atoms with Crippen molar-refractivity contribution in [2.75, 3.05) is 37.7 Å². The summed E-state index contributed by atoms with van der Waals surface area (Å²) in [6.07, 6.45) is 3.15. The molecule has 4 aromatic rings. The number of allylic oxidation sites excluding steroid dienone is 1. The number of furan rings is 1. The van der Waals surface area contributed by atoms with Crippen LogP contribution in [0.1, 0.15) is 16.1 Å². The molecule has 0 radical (unpaired) electrons. The molecule has 35 heavy (non-hydrogen) atoms. The molecule has 6 nitrogen and oxygen atoms in total. The molecule has 6 heteroatoms. The van der Waals surface area contributed by atoms with Crippen molar-refractivity contribution in [1.29, 1.82) is 0 Å². The monoisotopic (exact) mass is 466 g/mol. The number of nitrogens with zero attached hydrogens (tertiary/aromatic N) is 2. The Kier molecular flexibility index (Phi) is 6.61. The second-order valence-electron chi connectivity index (χ2n) is 8.38. The third-order valence-corrected chi connectivity index (χ3v) is 6.11. The molecular weight excluding hydrogens is 440 g/mol. The lowest BCUT2D eigenvalue weighted by Crippen LogP contribution is -2.50. The maximum Gasteiger partial charge on any atom is 0.260 e. The van der Waals surface area contributed by atoms with Gasteiger partial charge in [0.25, 0.3) is 5.91 Å². The molecule has 0 N–H and O–H groups in total. The second kappa shape index (κ2) is 10.3. The van der Waals surface area contributed by atoms with Crippen LogP contribution in [0.2, 0.25) is 0 Å². The minimum Gasteiger partial charge on any atom is -0.483 e. The molecule has 0 atom stereocenters. The Balaban J connectivity index is 1.18.